The van der Waals surface area contributed by atoms with Crippen LogP contribution in [-0.4, -0.2) is 15.7 Å². The van der Waals surface area contributed by atoms with Gasteiger partial charge in [0.15, 0.2) is 5.69 Å². The van der Waals surface area contributed by atoms with Gasteiger partial charge in [-0.2, -0.15) is 5.10 Å². The molecule has 1 heterocycles. The normalized spacial score (nSPS) is 10.8. The van der Waals surface area contributed by atoms with Crippen LogP contribution < -0.4 is 10.7 Å². The molecule has 0 aliphatic carbocycles. The standard InChI is InChI=1S/C17H13ClFN3O2/c1-9-7-10(18)3-5-13(9)20-17(24)15-16(23)12-8-11(19)4-6-14(12)22(2)21-15/h3-8H,1-2H3,(H,20,24). The highest BCUT2D eigenvalue weighted by Crippen LogP contribution is 2.20. The number of carbonyl (C=O) groups is 1. The van der Waals surface area contributed by atoms with E-state index in [4.69, 9.17) is 11.6 Å². The molecule has 2 aromatic carbocycles. The fraction of sp³-hybridized carbons (Fsp3) is 0.118. The summed E-state index contributed by atoms with van der Waals surface area (Å²) in [6.45, 7) is 1.78. The molecule has 24 heavy (non-hydrogen) atoms. The number of amides is 1. The Morgan fingerprint density at radius 1 is 1.25 bits per heavy atom. The Morgan fingerprint density at radius 3 is 2.71 bits per heavy atom. The van der Waals surface area contributed by atoms with Gasteiger partial charge in [-0.15, -0.1) is 0 Å². The van der Waals surface area contributed by atoms with Crippen LogP contribution in [-0.2, 0) is 7.05 Å². The van der Waals surface area contributed by atoms with Gasteiger partial charge in [0.25, 0.3) is 5.91 Å². The number of aryl methyl sites for hydroxylation is 2. The quantitative estimate of drug-likeness (QED) is 0.775. The average molecular weight is 346 g/mol. The molecule has 122 valence electrons. The summed E-state index contributed by atoms with van der Waals surface area (Å²) >= 11 is 5.88. The predicted octanol–water partition coefficient (Wildman–Crippen LogP) is 3.29. The van der Waals surface area contributed by atoms with E-state index >= 15 is 0 Å². The smallest absolute Gasteiger partial charge is 0.280 e. The minimum absolute atomic E-state index is 0.102. The summed E-state index contributed by atoms with van der Waals surface area (Å²) in [7, 11) is 1.59. The van der Waals surface area contributed by atoms with Crippen LogP contribution in [0.25, 0.3) is 10.9 Å². The summed E-state index contributed by atoms with van der Waals surface area (Å²) in [5, 5.41) is 7.30. The molecule has 0 saturated heterocycles. The number of anilines is 1. The van der Waals surface area contributed by atoms with Gasteiger partial charge in [-0.05, 0) is 48.9 Å². The fourth-order valence-corrected chi connectivity index (χ4v) is 2.67. The zero-order chi connectivity index (χ0) is 17.4. The lowest BCUT2D eigenvalue weighted by atomic mass is 10.1. The Hall–Kier alpha value is -2.73. The van der Waals surface area contributed by atoms with Crippen LogP contribution in [0.5, 0.6) is 0 Å². The second-order valence-electron chi connectivity index (χ2n) is 5.38. The van der Waals surface area contributed by atoms with Crippen molar-refractivity contribution in [2.45, 2.75) is 6.92 Å². The number of nitrogens with zero attached hydrogens (tertiary/aromatic N) is 2. The minimum Gasteiger partial charge on any atom is -0.320 e. The fourth-order valence-electron chi connectivity index (χ4n) is 2.45. The van der Waals surface area contributed by atoms with Gasteiger partial charge in [-0.3, -0.25) is 14.3 Å². The van der Waals surface area contributed by atoms with E-state index in [0.29, 0.717) is 16.2 Å². The summed E-state index contributed by atoms with van der Waals surface area (Å²) in [6.07, 6.45) is 0. The molecular formula is C17H13ClFN3O2. The van der Waals surface area contributed by atoms with Gasteiger partial charge in [0.2, 0.25) is 5.43 Å². The SMILES string of the molecule is Cc1cc(Cl)ccc1NC(=O)c1nn(C)c2ccc(F)cc2c1=O. The van der Waals surface area contributed by atoms with Crippen molar-refractivity contribution in [1.29, 1.82) is 0 Å². The number of rotatable bonds is 2. The molecule has 3 aromatic rings. The Balaban J connectivity index is 2.07. The summed E-state index contributed by atoms with van der Waals surface area (Å²) in [5.41, 5.74) is 0.796. The largest absolute Gasteiger partial charge is 0.320 e. The Morgan fingerprint density at radius 2 is 2.00 bits per heavy atom. The maximum absolute atomic E-state index is 13.4. The van der Waals surface area contributed by atoms with Crippen LogP contribution in [0.4, 0.5) is 10.1 Å². The van der Waals surface area contributed by atoms with Crippen LogP contribution >= 0.6 is 11.6 Å². The lowest BCUT2D eigenvalue weighted by molar-refractivity contribution is 0.101. The molecule has 3 rings (SSSR count). The predicted molar refractivity (Wildman–Crippen MR) is 91.1 cm³/mol. The lowest BCUT2D eigenvalue weighted by Crippen LogP contribution is -2.26. The number of carbonyl (C=O) groups excluding carboxylic acids is 1. The molecule has 0 unspecified atom stereocenters. The first-order valence-electron chi connectivity index (χ1n) is 7.11. The van der Waals surface area contributed by atoms with E-state index in [0.717, 1.165) is 11.6 Å². The van der Waals surface area contributed by atoms with E-state index in [-0.39, 0.29) is 11.1 Å². The van der Waals surface area contributed by atoms with Crippen LogP contribution in [0, 0.1) is 12.7 Å². The van der Waals surface area contributed by atoms with E-state index in [1.807, 2.05) is 0 Å². The van der Waals surface area contributed by atoms with Gasteiger partial charge in [-0.1, -0.05) is 11.6 Å². The van der Waals surface area contributed by atoms with E-state index in [2.05, 4.69) is 10.4 Å². The third-order valence-electron chi connectivity index (χ3n) is 3.67. The zero-order valence-corrected chi connectivity index (χ0v) is 13.7. The molecule has 0 spiro atoms. The molecule has 0 bridgehead atoms. The molecule has 7 heteroatoms. The molecular weight excluding hydrogens is 333 g/mol. The van der Waals surface area contributed by atoms with Crippen LogP contribution in [0.1, 0.15) is 16.1 Å². The maximum atomic E-state index is 13.4. The molecule has 0 radical (unpaired) electrons. The number of fused-ring (bicyclic) bond motifs is 1. The number of benzene rings is 2. The topological polar surface area (TPSA) is 64.0 Å². The van der Waals surface area contributed by atoms with Crippen molar-refractivity contribution in [3.05, 3.63) is 68.7 Å². The zero-order valence-electron chi connectivity index (χ0n) is 12.9. The summed E-state index contributed by atoms with van der Waals surface area (Å²) in [5.74, 6) is -1.21. The second kappa shape index (κ2) is 6.05. The van der Waals surface area contributed by atoms with Crippen molar-refractivity contribution in [2.75, 3.05) is 5.32 Å². The van der Waals surface area contributed by atoms with Crippen molar-refractivity contribution < 1.29 is 9.18 Å². The monoisotopic (exact) mass is 345 g/mol. The molecule has 0 atom stereocenters. The molecule has 1 amide bonds. The van der Waals surface area contributed by atoms with Crippen LogP contribution in [0.15, 0.2) is 41.2 Å². The van der Waals surface area contributed by atoms with Crippen LogP contribution in [0.3, 0.4) is 0 Å². The highest BCUT2D eigenvalue weighted by molar-refractivity contribution is 6.30. The lowest BCUT2D eigenvalue weighted by Gasteiger charge is -2.10. The minimum atomic E-state index is -0.660. The molecule has 5 nitrogen and oxygen atoms in total. The molecule has 1 N–H and O–H groups in total. The van der Waals surface area contributed by atoms with E-state index in [9.17, 15) is 14.0 Å². The summed E-state index contributed by atoms with van der Waals surface area (Å²) < 4.78 is 14.8. The maximum Gasteiger partial charge on any atom is 0.280 e. The third kappa shape index (κ3) is 2.88. The van der Waals surface area contributed by atoms with Gasteiger partial charge in [0.1, 0.15) is 5.82 Å². The number of aromatic nitrogens is 2. The number of nitrogens with one attached hydrogen (secondary N) is 1. The Labute approximate surface area is 141 Å². The van der Waals surface area contributed by atoms with Gasteiger partial charge in [0, 0.05) is 17.8 Å². The van der Waals surface area contributed by atoms with Gasteiger partial charge in [-0.25, -0.2) is 4.39 Å². The van der Waals surface area contributed by atoms with Crippen molar-refractivity contribution in [1.82, 2.24) is 9.78 Å². The van der Waals surface area contributed by atoms with E-state index in [1.165, 1.54) is 16.8 Å². The number of hydrogen-bond donors (Lipinski definition) is 1. The first kappa shape index (κ1) is 16.1. The van der Waals surface area contributed by atoms with Crippen molar-refractivity contribution >= 4 is 34.1 Å². The van der Waals surface area contributed by atoms with Gasteiger partial charge < -0.3 is 5.32 Å². The van der Waals surface area contributed by atoms with Gasteiger partial charge >= 0.3 is 0 Å². The third-order valence-corrected chi connectivity index (χ3v) is 3.90. The summed E-state index contributed by atoms with van der Waals surface area (Å²) in [4.78, 5) is 24.9. The molecule has 0 fully saturated rings. The number of hydrogen-bond acceptors (Lipinski definition) is 3. The highest BCUT2D eigenvalue weighted by atomic mass is 35.5. The molecule has 0 aliphatic rings. The number of halogens is 2. The summed E-state index contributed by atoms with van der Waals surface area (Å²) in [6, 6.07) is 8.75. The second-order valence-corrected chi connectivity index (χ2v) is 5.81. The Kier molecular flexibility index (Phi) is 4.07. The van der Waals surface area contributed by atoms with Gasteiger partial charge in [0.05, 0.1) is 10.9 Å². The van der Waals surface area contributed by atoms with Crippen molar-refractivity contribution in [2.24, 2.45) is 7.05 Å². The van der Waals surface area contributed by atoms with Crippen molar-refractivity contribution in [3.8, 4) is 0 Å². The van der Waals surface area contributed by atoms with Crippen LogP contribution in [0.2, 0.25) is 5.02 Å². The molecule has 1 aromatic heterocycles. The Bertz CT molecular complexity index is 1030. The molecule has 0 aliphatic heterocycles. The van der Waals surface area contributed by atoms with Crippen molar-refractivity contribution in [3.63, 3.8) is 0 Å². The van der Waals surface area contributed by atoms with E-state index in [1.54, 1.807) is 32.2 Å². The van der Waals surface area contributed by atoms with E-state index < -0.39 is 17.2 Å². The first-order chi connectivity index (χ1) is 11.4. The first-order valence-corrected chi connectivity index (χ1v) is 7.48. The molecule has 0 saturated carbocycles. The average Bonchev–Trinajstić information content (AvgIpc) is 2.53. The highest BCUT2D eigenvalue weighted by Gasteiger charge is 2.17.